The van der Waals surface area contributed by atoms with E-state index in [1.54, 1.807) is 24.3 Å². The molecule has 28 heavy (non-hydrogen) atoms. The maximum atomic E-state index is 12.6. The van der Waals surface area contributed by atoms with Gasteiger partial charge in [0.2, 0.25) is 0 Å². The number of para-hydroxylation sites is 1. The first-order chi connectivity index (χ1) is 13.3. The van der Waals surface area contributed by atoms with Crippen LogP contribution in [0.3, 0.4) is 0 Å². The van der Waals surface area contributed by atoms with Gasteiger partial charge in [-0.05, 0) is 54.7 Å². The van der Waals surface area contributed by atoms with Gasteiger partial charge in [0.1, 0.15) is 10.6 Å². The zero-order chi connectivity index (χ0) is 20.1. The van der Waals surface area contributed by atoms with Crippen LogP contribution in [0.25, 0.3) is 0 Å². The lowest BCUT2D eigenvalue weighted by molar-refractivity contribution is 0.248. The van der Waals surface area contributed by atoms with E-state index >= 15 is 0 Å². The predicted octanol–water partition coefficient (Wildman–Crippen LogP) is 4.64. The molecule has 2 amide bonds. The Labute approximate surface area is 166 Å². The molecule has 2 aromatic carbocycles. The number of benzene rings is 2. The molecule has 0 unspecified atom stereocenters. The number of hydrogen-bond acceptors (Lipinski definition) is 4. The molecule has 1 aliphatic carbocycles. The molecule has 0 aliphatic heterocycles. The van der Waals surface area contributed by atoms with Gasteiger partial charge in [-0.25, -0.2) is 4.79 Å². The van der Waals surface area contributed by atoms with Crippen LogP contribution in [0.4, 0.5) is 10.5 Å². The Morgan fingerprint density at radius 2 is 1.68 bits per heavy atom. The fourth-order valence-corrected chi connectivity index (χ4v) is 4.28. The van der Waals surface area contributed by atoms with Crippen molar-refractivity contribution in [3.8, 4) is 5.75 Å². The Bertz CT molecular complexity index is 918. The summed E-state index contributed by atoms with van der Waals surface area (Å²) >= 11 is 0. The van der Waals surface area contributed by atoms with Gasteiger partial charge >= 0.3 is 16.1 Å². The summed E-state index contributed by atoms with van der Waals surface area (Å²) in [6, 6.07) is 13.0. The Balaban J connectivity index is 1.67. The number of anilines is 1. The number of hydrogen-bond donors (Lipinski definition) is 2. The summed E-state index contributed by atoms with van der Waals surface area (Å²) in [7, 11) is -3.96. The monoisotopic (exact) mass is 402 g/mol. The van der Waals surface area contributed by atoms with Crippen molar-refractivity contribution in [1.29, 1.82) is 0 Å². The van der Waals surface area contributed by atoms with Gasteiger partial charge in [0, 0.05) is 11.7 Å². The van der Waals surface area contributed by atoms with Crippen molar-refractivity contribution in [3.63, 3.8) is 0 Å². The molecule has 2 aromatic rings. The van der Waals surface area contributed by atoms with Crippen molar-refractivity contribution in [2.45, 2.75) is 56.4 Å². The summed E-state index contributed by atoms with van der Waals surface area (Å²) in [5.41, 5.74) is 1.35. The smallest absolute Gasteiger partial charge is 0.339 e. The van der Waals surface area contributed by atoms with Crippen LogP contribution in [0, 0.1) is 0 Å². The Morgan fingerprint density at radius 1 is 1.04 bits per heavy atom. The molecule has 2 N–H and O–H groups in total. The standard InChI is InChI=1S/C21H26N2O4S/c1-15(2)19-9-5-6-10-20(19)27-28(25,26)18-13-11-17(12-14-18)23-21(24)22-16-7-3-4-8-16/h5-6,9-16H,3-4,7-8H2,1-2H3,(H2,22,23,24). The van der Waals surface area contributed by atoms with Crippen LogP contribution in [-0.4, -0.2) is 20.5 Å². The summed E-state index contributed by atoms with van der Waals surface area (Å²) in [5.74, 6) is 0.465. The normalized spacial score (nSPS) is 14.8. The maximum Gasteiger partial charge on any atom is 0.339 e. The highest BCUT2D eigenvalue weighted by atomic mass is 32.2. The lowest BCUT2D eigenvalue weighted by Crippen LogP contribution is -2.36. The van der Waals surface area contributed by atoms with Crippen LogP contribution in [-0.2, 0) is 10.1 Å². The zero-order valence-electron chi connectivity index (χ0n) is 16.1. The highest BCUT2D eigenvalue weighted by Gasteiger charge is 2.20. The molecule has 150 valence electrons. The zero-order valence-corrected chi connectivity index (χ0v) is 17.0. The first-order valence-electron chi connectivity index (χ1n) is 9.56. The average Bonchev–Trinajstić information content (AvgIpc) is 3.15. The van der Waals surface area contributed by atoms with Crippen LogP contribution in [0.2, 0.25) is 0 Å². The van der Waals surface area contributed by atoms with Crippen molar-refractivity contribution in [2.24, 2.45) is 0 Å². The fraction of sp³-hybridized carbons (Fsp3) is 0.381. The van der Waals surface area contributed by atoms with Crippen LogP contribution < -0.4 is 14.8 Å². The van der Waals surface area contributed by atoms with E-state index in [0.29, 0.717) is 11.4 Å². The first-order valence-corrected chi connectivity index (χ1v) is 11.0. The van der Waals surface area contributed by atoms with Crippen LogP contribution in [0.1, 0.15) is 51.0 Å². The van der Waals surface area contributed by atoms with E-state index in [1.165, 1.54) is 12.1 Å². The van der Waals surface area contributed by atoms with Crippen LogP contribution in [0.15, 0.2) is 53.4 Å². The molecule has 1 fully saturated rings. The molecule has 0 heterocycles. The number of urea groups is 1. The van der Waals surface area contributed by atoms with Crippen molar-refractivity contribution >= 4 is 21.8 Å². The quantitative estimate of drug-likeness (QED) is 0.689. The minimum absolute atomic E-state index is 0.0350. The van der Waals surface area contributed by atoms with E-state index in [4.69, 9.17) is 4.18 Å². The molecule has 1 aliphatic rings. The van der Waals surface area contributed by atoms with Gasteiger partial charge in [0.25, 0.3) is 0 Å². The lowest BCUT2D eigenvalue weighted by Gasteiger charge is -2.14. The fourth-order valence-electron chi connectivity index (χ4n) is 3.33. The molecule has 6 nitrogen and oxygen atoms in total. The van der Waals surface area contributed by atoms with Gasteiger partial charge in [-0.15, -0.1) is 0 Å². The Morgan fingerprint density at radius 3 is 2.32 bits per heavy atom. The number of amides is 2. The van der Waals surface area contributed by atoms with E-state index in [0.717, 1.165) is 31.2 Å². The molecule has 0 saturated heterocycles. The number of nitrogens with one attached hydrogen (secondary N) is 2. The molecule has 0 aromatic heterocycles. The van der Waals surface area contributed by atoms with E-state index in [9.17, 15) is 13.2 Å². The van der Waals surface area contributed by atoms with Crippen molar-refractivity contribution < 1.29 is 17.4 Å². The minimum Gasteiger partial charge on any atom is -0.379 e. The van der Waals surface area contributed by atoms with Gasteiger partial charge < -0.3 is 14.8 Å². The predicted molar refractivity (Wildman–Crippen MR) is 109 cm³/mol. The average molecular weight is 403 g/mol. The molecule has 3 rings (SSSR count). The summed E-state index contributed by atoms with van der Waals surface area (Å²) in [5, 5.41) is 5.66. The van der Waals surface area contributed by atoms with Crippen LogP contribution in [0.5, 0.6) is 5.75 Å². The highest BCUT2D eigenvalue weighted by molar-refractivity contribution is 7.87. The van der Waals surface area contributed by atoms with Gasteiger partial charge in [-0.1, -0.05) is 44.9 Å². The minimum atomic E-state index is -3.96. The number of carbonyl (C=O) groups is 1. The van der Waals surface area contributed by atoms with Crippen molar-refractivity contribution in [2.75, 3.05) is 5.32 Å². The highest BCUT2D eigenvalue weighted by Crippen LogP contribution is 2.29. The van der Waals surface area contributed by atoms with Gasteiger partial charge in [0.05, 0.1) is 0 Å². The molecular formula is C21H26N2O4S. The lowest BCUT2D eigenvalue weighted by atomic mass is 10.0. The summed E-state index contributed by atoms with van der Waals surface area (Å²) in [6.45, 7) is 3.96. The number of rotatable bonds is 6. The molecule has 0 atom stereocenters. The van der Waals surface area contributed by atoms with Crippen molar-refractivity contribution in [1.82, 2.24) is 5.32 Å². The molecule has 1 saturated carbocycles. The molecule has 0 spiro atoms. The molecule has 0 radical (unpaired) electrons. The van der Waals surface area contributed by atoms with E-state index in [2.05, 4.69) is 10.6 Å². The topological polar surface area (TPSA) is 84.5 Å². The summed E-state index contributed by atoms with van der Waals surface area (Å²) in [6.07, 6.45) is 4.27. The summed E-state index contributed by atoms with van der Waals surface area (Å²) < 4.78 is 30.6. The SMILES string of the molecule is CC(C)c1ccccc1OS(=O)(=O)c1ccc(NC(=O)NC2CCCC2)cc1. The number of carbonyl (C=O) groups excluding carboxylic acids is 1. The van der Waals surface area contributed by atoms with E-state index in [-0.39, 0.29) is 22.9 Å². The van der Waals surface area contributed by atoms with E-state index < -0.39 is 10.1 Å². The van der Waals surface area contributed by atoms with Gasteiger partial charge in [-0.3, -0.25) is 0 Å². The third-order valence-corrected chi connectivity index (χ3v) is 6.08. The van der Waals surface area contributed by atoms with Crippen LogP contribution >= 0.6 is 0 Å². The summed E-state index contributed by atoms with van der Waals surface area (Å²) in [4.78, 5) is 12.1. The maximum absolute atomic E-state index is 12.6. The Hall–Kier alpha value is -2.54. The third kappa shape index (κ3) is 5.04. The first kappa shape index (κ1) is 20.2. The second kappa shape index (κ2) is 8.65. The molecule has 0 bridgehead atoms. The largest absolute Gasteiger partial charge is 0.379 e. The third-order valence-electron chi connectivity index (χ3n) is 4.83. The second-order valence-electron chi connectivity index (χ2n) is 7.33. The van der Waals surface area contributed by atoms with E-state index in [1.807, 2.05) is 26.0 Å². The Kier molecular flexibility index (Phi) is 6.24. The van der Waals surface area contributed by atoms with Gasteiger partial charge in [0.15, 0.2) is 0 Å². The molecule has 7 heteroatoms. The second-order valence-corrected chi connectivity index (χ2v) is 8.88. The molecular weight excluding hydrogens is 376 g/mol. The van der Waals surface area contributed by atoms with Crippen molar-refractivity contribution in [3.05, 3.63) is 54.1 Å². The van der Waals surface area contributed by atoms with Gasteiger partial charge in [-0.2, -0.15) is 8.42 Å².